The number of hydrogen-bond acceptors (Lipinski definition) is 6. The van der Waals surface area contributed by atoms with Gasteiger partial charge in [-0.2, -0.15) is 0 Å². The number of thioether (sulfide) groups is 1. The molecule has 0 fully saturated rings. The number of hydrogen-bond donors (Lipinski definition) is 2. The second kappa shape index (κ2) is 10.4. The molecule has 0 aliphatic rings. The van der Waals surface area contributed by atoms with E-state index in [0.29, 0.717) is 21.8 Å². The van der Waals surface area contributed by atoms with Gasteiger partial charge in [-0.1, -0.05) is 71.9 Å². The number of aromatic hydroxyl groups is 1. The van der Waals surface area contributed by atoms with Crippen LogP contribution in [0.4, 0.5) is 0 Å². The molecule has 34 heavy (non-hydrogen) atoms. The Morgan fingerprint density at radius 1 is 0.971 bits per heavy atom. The monoisotopic (exact) mass is 472 g/mol. The highest BCUT2D eigenvalue weighted by Gasteiger charge is 2.15. The number of aryl methyl sites for hydroxylation is 1. The number of phenolic OH excluding ortho intramolecular Hbond substituents is 1. The molecule has 1 aromatic heterocycles. The molecule has 0 saturated heterocycles. The molecular weight excluding hydrogens is 448 g/mol. The van der Waals surface area contributed by atoms with Gasteiger partial charge in [-0.15, -0.1) is 10.2 Å². The zero-order chi connectivity index (χ0) is 24.1. The summed E-state index contributed by atoms with van der Waals surface area (Å²) in [7, 11) is 1.86. The summed E-state index contributed by atoms with van der Waals surface area (Å²) in [6.07, 6.45) is 0. The first kappa shape index (κ1) is 23.3. The molecule has 0 aliphatic carbocycles. The van der Waals surface area contributed by atoms with Crippen molar-refractivity contribution in [2.75, 3.05) is 5.75 Å². The maximum Gasteiger partial charge on any atom is 0.230 e. The molecule has 0 unspecified atom stereocenters. The van der Waals surface area contributed by atoms with E-state index in [1.165, 1.54) is 17.8 Å². The highest BCUT2D eigenvalue weighted by atomic mass is 32.2. The third-order valence-electron chi connectivity index (χ3n) is 5.33. The lowest BCUT2D eigenvalue weighted by atomic mass is 10.0. The minimum absolute atomic E-state index is 0.0219. The molecule has 3 aromatic carbocycles. The number of carbonyl (C=O) groups excluding carboxylic acids is 2. The number of nitrogens with one attached hydrogen (secondary N) is 1. The van der Waals surface area contributed by atoms with Crippen LogP contribution in [-0.4, -0.2) is 37.3 Å². The molecule has 4 aromatic rings. The van der Waals surface area contributed by atoms with Gasteiger partial charge >= 0.3 is 0 Å². The minimum Gasteiger partial charge on any atom is -0.508 e. The highest BCUT2D eigenvalue weighted by Crippen LogP contribution is 2.23. The molecule has 4 rings (SSSR count). The summed E-state index contributed by atoms with van der Waals surface area (Å²) in [4.78, 5) is 25.1. The summed E-state index contributed by atoms with van der Waals surface area (Å²) < 4.78 is 1.85. The molecule has 0 saturated carbocycles. The Morgan fingerprint density at radius 2 is 1.71 bits per heavy atom. The zero-order valence-electron chi connectivity index (χ0n) is 18.9. The van der Waals surface area contributed by atoms with E-state index in [4.69, 9.17) is 0 Å². The lowest BCUT2D eigenvalue weighted by Gasteiger charge is -2.09. The average molecular weight is 473 g/mol. The molecule has 0 bridgehead atoms. The van der Waals surface area contributed by atoms with Crippen molar-refractivity contribution in [3.05, 3.63) is 95.1 Å². The Labute approximate surface area is 201 Å². The number of amides is 1. The van der Waals surface area contributed by atoms with Gasteiger partial charge in [0.2, 0.25) is 5.91 Å². The molecule has 0 spiro atoms. The molecule has 1 heterocycles. The molecule has 2 N–H and O–H groups in total. The summed E-state index contributed by atoms with van der Waals surface area (Å²) in [6, 6.07) is 21.6. The van der Waals surface area contributed by atoms with Gasteiger partial charge in [0.25, 0.3) is 0 Å². The summed E-state index contributed by atoms with van der Waals surface area (Å²) in [6.45, 7) is 2.13. The van der Waals surface area contributed by atoms with Crippen LogP contribution in [0.15, 0.2) is 78.0 Å². The van der Waals surface area contributed by atoms with E-state index >= 15 is 0 Å². The van der Waals surface area contributed by atoms with Gasteiger partial charge in [0.05, 0.1) is 5.75 Å². The molecule has 7 nitrogen and oxygen atoms in total. The molecular formula is C26H24N4O3S. The Kier molecular flexibility index (Phi) is 7.08. The van der Waals surface area contributed by atoms with Gasteiger partial charge in [-0.05, 0) is 25.1 Å². The molecule has 8 heteroatoms. The van der Waals surface area contributed by atoms with Crippen LogP contribution in [0.1, 0.15) is 27.0 Å². The van der Waals surface area contributed by atoms with Crippen molar-refractivity contribution in [2.45, 2.75) is 18.6 Å². The summed E-state index contributed by atoms with van der Waals surface area (Å²) in [5, 5.41) is 22.0. The number of carbonyl (C=O) groups is 2. The van der Waals surface area contributed by atoms with Gasteiger partial charge in [-0.25, -0.2) is 0 Å². The van der Waals surface area contributed by atoms with E-state index < -0.39 is 0 Å². The van der Waals surface area contributed by atoms with E-state index in [-0.39, 0.29) is 29.7 Å². The maximum absolute atomic E-state index is 12.7. The number of aromatic nitrogens is 3. The Hall–Kier alpha value is -3.91. The number of rotatable bonds is 8. The molecule has 0 aliphatic heterocycles. The smallest absolute Gasteiger partial charge is 0.230 e. The Bertz CT molecular complexity index is 1320. The first-order valence-corrected chi connectivity index (χ1v) is 11.7. The second-order valence-electron chi connectivity index (χ2n) is 7.84. The van der Waals surface area contributed by atoms with Crippen molar-refractivity contribution in [3.8, 4) is 17.1 Å². The van der Waals surface area contributed by atoms with Crippen LogP contribution < -0.4 is 5.32 Å². The van der Waals surface area contributed by atoms with Crippen LogP contribution in [-0.2, 0) is 18.4 Å². The number of ketones is 1. The Morgan fingerprint density at radius 3 is 2.44 bits per heavy atom. The van der Waals surface area contributed by atoms with Crippen LogP contribution in [0.25, 0.3) is 11.4 Å². The van der Waals surface area contributed by atoms with Crippen LogP contribution in [0.3, 0.4) is 0 Å². The fourth-order valence-electron chi connectivity index (χ4n) is 3.39. The average Bonchev–Trinajstić information content (AvgIpc) is 3.23. The number of benzene rings is 3. The summed E-state index contributed by atoms with van der Waals surface area (Å²) in [5.74, 6) is 0.532. The van der Waals surface area contributed by atoms with E-state index in [2.05, 4.69) is 15.5 Å². The third-order valence-corrected chi connectivity index (χ3v) is 6.35. The van der Waals surface area contributed by atoms with Crippen LogP contribution in [0.2, 0.25) is 0 Å². The maximum atomic E-state index is 12.7. The van der Waals surface area contributed by atoms with Gasteiger partial charge in [0, 0.05) is 35.8 Å². The Balaban J connectivity index is 1.36. The zero-order valence-corrected chi connectivity index (χ0v) is 19.7. The topological polar surface area (TPSA) is 97.1 Å². The quantitative estimate of drug-likeness (QED) is 0.296. The fourth-order valence-corrected chi connectivity index (χ4v) is 4.14. The van der Waals surface area contributed by atoms with Crippen LogP contribution in [0, 0.1) is 6.92 Å². The summed E-state index contributed by atoms with van der Waals surface area (Å²) >= 11 is 1.28. The minimum atomic E-state index is -0.218. The van der Waals surface area contributed by atoms with Gasteiger partial charge in [-0.3, -0.25) is 9.59 Å². The van der Waals surface area contributed by atoms with E-state index in [9.17, 15) is 14.7 Å². The normalized spacial score (nSPS) is 10.8. The largest absolute Gasteiger partial charge is 0.508 e. The number of nitrogens with zero attached hydrogens (tertiary/aromatic N) is 3. The van der Waals surface area contributed by atoms with Gasteiger partial charge in [0.1, 0.15) is 5.75 Å². The predicted octanol–water partition coefficient (Wildman–Crippen LogP) is 4.14. The van der Waals surface area contributed by atoms with Crippen molar-refractivity contribution >= 4 is 23.5 Å². The van der Waals surface area contributed by atoms with Crippen molar-refractivity contribution < 1.29 is 14.7 Å². The first-order valence-electron chi connectivity index (χ1n) is 10.7. The lowest BCUT2D eigenvalue weighted by molar-refractivity contribution is -0.118. The van der Waals surface area contributed by atoms with Crippen LogP contribution in [0.5, 0.6) is 5.75 Å². The van der Waals surface area contributed by atoms with E-state index in [1.54, 1.807) is 36.4 Å². The standard InChI is InChI=1S/C26H24N4O3S/c1-17-8-10-19(11-9-17)25-28-29-26(30(25)2)34-16-23(32)27-15-21-14-20(12-13-22(21)31)24(33)18-6-4-3-5-7-18/h3-14,31H,15-16H2,1-2H3,(H,27,32). The number of phenols is 1. The van der Waals surface area contributed by atoms with Gasteiger partial charge < -0.3 is 15.0 Å². The molecule has 0 radical (unpaired) electrons. The van der Waals surface area contributed by atoms with E-state index in [0.717, 1.165) is 17.0 Å². The van der Waals surface area contributed by atoms with Crippen molar-refractivity contribution in [1.29, 1.82) is 0 Å². The van der Waals surface area contributed by atoms with Crippen molar-refractivity contribution in [1.82, 2.24) is 20.1 Å². The van der Waals surface area contributed by atoms with Crippen LogP contribution >= 0.6 is 11.8 Å². The summed E-state index contributed by atoms with van der Waals surface area (Å²) in [5.41, 5.74) is 3.61. The predicted molar refractivity (Wildman–Crippen MR) is 132 cm³/mol. The SMILES string of the molecule is Cc1ccc(-c2nnc(SCC(=O)NCc3cc(C(=O)c4ccccc4)ccc3O)n2C)cc1. The fraction of sp³-hybridized carbons (Fsp3) is 0.154. The first-order chi connectivity index (χ1) is 16.4. The van der Waals surface area contributed by atoms with E-state index in [1.807, 2.05) is 48.9 Å². The second-order valence-corrected chi connectivity index (χ2v) is 8.78. The van der Waals surface area contributed by atoms with Gasteiger partial charge in [0.15, 0.2) is 16.8 Å². The molecule has 1 amide bonds. The third kappa shape index (κ3) is 5.35. The molecule has 0 atom stereocenters. The van der Waals surface area contributed by atoms with Crippen molar-refractivity contribution in [2.24, 2.45) is 7.05 Å². The molecule has 172 valence electrons. The lowest BCUT2D eigenvalue weighted by Crippen LogP contribution is -2.25. The highest BCUT2D eigenvalue weighted by molar-refractivity contribution is 7.99. The van der Waals surface area contributed by atoms with Crippen molar-refractivity contribution in [3.63, 3.8) is 0 Å².